The van der Waals surface area contributed by atoms with Crippen LogP contribution < -0.4 is 0 Å². The lowest BCUT2D eigenvalue weighted by Crippen LogP contribution is -2.21. The Morgan fingerprint density at radius 2 is 1.50 bits per heavy atom. The van der Waals surface area contributed by atoms with Crippen molar-refractivity contribution in [3.63, 3.8) is 0 Å². The molecular weight excluding hydrogens is 382 g/mol. The molecule has 0 saturated carbocycles. The minimum atomic E-state index is 0.0672. The Hall–Kier alpha value is -1.93. The number of hydrogen-bond donors (Lipinski definition) is 0. The molecule has 2 aliphatic rings. The second-order valence-electron chi connectivity index (χ2n) is 6.97. The maximum absolute atomic E-state index is 4.29. The molecule has 166 valence electrons. The third-order valence-electron chi connectivity index (χ3n) is 5.35. The van der Waals surface area contributed by atoms with Gasteiger partial charge >= 0.3 is 0 Å². The van der Waals surface area contributed by atoms with Gasteiger partial charge in [0.25, 0.3) is 0 Å². The minimum Gasteiger partial charge on any atom is -0.343 e. The summed E-state index contributed by atoms with van der Waals surface area (Å²) in [4.78, 5) is 4.53. The Kier molecular flexibility index (Phi) is 11.9. The highest BCUT2D eigenvalue weighted by Crippen LogP contribution is 2.48. The first-order chi connectivity index (χ1) is 14.3. The van der Waals surface area contributed by atoms with Gasteiger partial charge in [0.2, 0.25) is 0 Å². The summed E-state index contributed by atoms with van der Waals surface area (Å²) >= 11 is 1.73. The topological polar surface area (TPSA) is 3.24 Å². The van der Waals surface area contributed by atoms with Gasteiger partial charge in [0.15, 0.2) is 0 Å². The van der Waals surface area contributed by atoms with Crippen molar-refractivity contribution in [3.05, 3.63) is 87.5 Å². The molecule has 0 radical (unpaired) electrons. The molecule has 1 aromatic rings. The molecule has 1 heterocycles. The van der Waals surface area contributed by atoms with Crippen LogP contribution in [0.1, 0.15) is 80.4 Å². The predicted molar refractivity (Wildman–Crippen MR) is 142 cm³/mol. The molecule has 0 N–H and O–H groups in total. The molecule has 0 amide bonds. The van der Waals surface area contributed by atoms with E-state index in [1.807, 2.05) is 47.6 Å². The quantitative estimate of drug-likeness (QED) is 0.464. The molecule has 0 aromatic heterocycles. The van der Waals surface area contributed by atoms with Gasteiger partial charge in [-0.15, -0.1) is 0 Å². The smallest absolute Gasteiger partial charge is 0.0550 e. The van der Waals surface area contributed by atoms with Crippen LogP contribution in [0.2, 0.25) is 0 Å². The Balaban J connectivity index is 0.00000129. The highest BCUT2D eigenvalue weighted by atomic mass is 32.2. The van der Waals surface area contributed by atoms with Crippen molar-refractivity contribution < 1.29 is 0 Å². The minimum absolute atomic E-state index is 0.0672. The largest absolute Gasteiger partial charge is 0.343 e. The van der Waals surface area contributed by atoms with E-state index in [2.05, 4.69) is 83.1 Å². The molecule has 1 aliphatic carbocycles. The number of thioether (sulfide) groups is 1. The summed E-state index contributed by atoms with van der Waals surface area (Å²) in [5.74, 6) is 0. The molecule has 30 heavy (non-hydrogen) atoms. The van der Waals surface area contributed by atoms with E-state index in [0.717, 1.165) is 16.3 Å². The Morgan fingerprint density at radius 1 is 0.967 bits per heavy atom. The number of rotatable bonds is 2. The third-order valence-corrected chi connectivity index (χ3v) is 6.32. The van der Waals surface area contributed by atoms with E-state index in [1.165, 1.54) is 27.2 Å². The molecule has 3 rings (SSSR count). The normalized spacial score (nSPS) is 17.9. The summed E-state index contributed by atoms with van der Waals surface area (Å²) in [7, 11) is 2.10. The van der Waals surface area contributed by atoms with Crippen LogP contribution in [0.4, 0.5) is 0 Å². The van der Waals surface area contributed by atoms with Crippen molar-refractivity contribution in [2.24, 2.45) is 0 Å². The summed E-state index contributed by atoms with van der Waals surface area (Å²) in [5.41, 5.74) is 7.85. The van der Waals surface area contributed by atoms with E-state index >= 15 is 0 Å². The molecular formula is C28H43NS. The van der Waals surface area contributed by atoms with Gasteiger partial charge in [-0.25, -0.2) is 0 Å². The summed E-state index contributed by atoms with van der Waals surface area (Å²) in [6.45, 7) is 29.2. The molecule has 2 heteroatoms. The van der Waals surface area contributed by atoms with Gasteiger partial charge in [0.05, 0.1) is 5.70 Å². The lowest BCUT2D eigenvalue weighted by Gasteiger charge is -2.31. The summed E-state index contributed by atoms with van der Waals surface area (Å²) in [6, 6.07) is 8.73. The number of allylic oxidation sites excluding steroid dienone is 5. The lowest BCUT2D eigenvalue weighted by molar-refractivity contribution is 0.547. The van der Waals surface area contributed by atoms with E-state index in [0.29, 0.717) is 0 Å². The van der Waals surface area contributed by atoms with Crippen LogP contribution >= 0.6 is 11.8 Å². The van der Waals surface area contributed by atoms with Gasteiger partial charge in [-0.1, -0.05) is 110 Å². The van der Waals surface area contributed by atoms with E-state index in [1.54, 1.807) is 11.8 Å². The average Bonchev–Trinajstić information content (AvgIpc) is 2.96. The molecule has 0 atom stereocenters. The van der Waals surface area contributed by atoms with Crippen LogP contribution in [0.15, 0.2) is 76.4 Å². The SMILES string of the molecule is C=CC1=C(C)SC(=C)/C(=C\C2=C(C)C(C)(C)c3ccccc32)N1C.CC.CC.CC. The summed E-state index contributed by atoms with van der Waals surface area (Å²) < 4.78 is 0. The fraction of sp³-hybridized carbons (Fsp3) is 0.429. The van der Waals surface area contributed by atoms with Crippen molar-refractivity contribution in [2.45, 2.75) is 74.7 Å². The van der Waals surface area contributed by atoms with E-state index < -0.39 is 0 Å². The second kappa shape index (κ2) is 12.7. The van der Waals surface area contributed by atoms with Crippen LogP contribution in [0.5, 0.6) is 0 Å². The van der Waals surface area contributed by atoms with Crippen LogP contribution in [-0.2, 0) is 5.41 Å². The van der Waals surface area contributed by atoms with Gasteiger partial charge < -0.3 is 4.90 Å². The van der Waals surface area contributed by atoms with Gasteiger partial charge in [-0.3, -0.25) is 0 Å². The standard InChI is InChI=1S/C22H25NS.3C2H6/c1-8-20-15(3)24-16(4)21(23(20)7)13-18-14(2)22(5,6)19-12-10-9-11-17(18)19;3*1-2/h8-13H,1,4H2,2-3,5-7H3;3*1-2H3/b21-13+;;;. The van der Waals surface area contributed by atoms with Crippen molar-refractivity contribution in [2.75, 3.05) is 7.05 Å². The Morgan fingerprint density at radius 3 is 2.03 bits per heavy atom. The zero-order valence-corrected chi connectivity index (χ0v) is 22.1. The molecule has 1 nitrogen and oxygen atoms in total. The average molecular weight is 426 g/mol. The van der Waals surface area contributed by atoms with Gasteiger partial charge in [0.1, 0.15) is 0 Å². The Bertz CT molecular complexity index is 834. The fourth-order valence-electron chi connectivity index (χ4n) is 3.63. The van der Waals surface area contributed by atoms with Crippen molar-refractivity contribution in [3.8, 4) is 0 Å². The van der Waals surface area contributed by atoms with Crippen molar-refractivity contribution >= 4 is 17.3 Å². The zero-order valence-electron chi connectivity index (χ0n) is 21.2. The van der Waals surface area contributed by atoms with Gasteiger partial charge in [-0.2, -0.15) is 0 Å². The first kappa shape index (κ1) is 28.1. The van der Waals surface area contributed by atoms with Gasteiger partial charge in [0, 0.05) is 28.0 Å². The molecule has 0 saturated heterocycles. The fourth-order valence-corrected chi connectivity index (χ4v) is 4.62. The van der Waals surface area contributed by atoms with Crippen LogP contribution in [0.3, 0.4) is 0 Å². The maximum atomic E-state index is 4.29. The second-order valence-corrected chi connectivity index (χ2v) is 8.28. The van der Waals surface area contributed by atoms with Crippen molar-refractivity contribution in [1.82, 2.24) is 4.90 Å². The number of fused-ring (bicyclic) bond motifs is 1. The molecule has 0 fully saturated rings. The monoisotopic (exact) mass is 425 g/mol. The molecule has 0 bridgehead atoms. The van der Waals surface area contributed by atoms with E-state index in [-0.39, 0.29) is 5.41 Å². The summed E-state index contributed by atoms with van der Waals surface area (Å²) in [5, 5.41) is 0. The molecule has 0 spiro atoms. The maximum Gasteiger partial charge on any atom is 0.0550 e. The first-order valence-corrected chi connectivity index (χ1v) is 12.1. The number of hydrogen-bond acceptors (Lipinski definition) is 2. The zero-order chi connectivity index (χ0) is 23.6. The number of benzene rings is 1. The van der Waals surface area contributed by atoms with Gasteiger partial charge in [-0.05, 0) is 42.7 Å². The van der Waals surface area contributed by atoms with Crippen LogP contribution in [0.25, 0.3) is 5.57 Å². The third kappa shape index (κ3) is 5.40. The van der Waals surface area contributed by atoms with Crippen molar-refractivity contribution in [1.29, 1.82) is 0 Å². The van der Waals surface area contributed by atoms with Crippen LogP contribution in [-0.4, -0.2) is 11.9 Å². The highest BCUT2D eigenvalue weighted by molar-refractivity contribution is 8.07. The van der Waals surface area contributed by atoms with Crippen LogP contribution in [0, 0.1) is 0 Å². The molecule has 1 aromatic carbocycles. The van der Waals surface area contributed by atoms with E-state index in [4.69, 9.17) is 0 Å². The molecule has 1 aliphatic heterocycles. The molecule has 0 unspecified atom stereocenters. The highest BCUT2D eigenvalue weighted by Gasteiger charge is 2.34. The number of nitrogens with zero attached hydrogens (tertiary/aromatic N) is 1. The number of likely N-dealkylation sites (N-methyl/N-ethyl adjacent to an activating group) is 1. The predicted octanol–water partition coefficient (Wildman–Crippen LogP) is 9.32. The summed E-state index contributed by atoms with van der Waals surface area (Å²) in [6.07, 6.45) is 4.23. The lowest BCUT2D eigenvalue weighted by atomic mass is 9.82. The Labute approximate surface area is 191 Å². The first-order valence-electron chi connectivity index (χ1n) is 11.3. The van der Waals surface area contributed by atoms with E-state index in [9.17, 15) is 0 Å².